The molecule has 1 aromatic rings. The van der Waals surface area contributed by atoms with Gasteiger partial charge in [-0.2, -0.15) is 5.26 Å². The number of benzene rings is 1. The zero-order valence-corrected chi connectivity index (χ0v) is 13.7. The van der Waals surface area contributed by atoms with Crippen LogP contribution in [0.15, 0.2) is 12.1 Å². The van der Waals surface area contributed by atoms with Crippen molar-refractivity contribution in [3.05, 3.63) is 23.3 Å². The molecule has 1 aliphatic carbocycles. The summed E-state index contributed by atoms with van der Waals surface area (Å²) in [4.78, 5) is 2.43. The number of nitrogens with one attached hydrogen (secondary N) is 1. The van der Waals surface area contributed by atoms with Gasteiger partial charge >= 0.3 is 0 Å². The maximum atomic E-state index is 10.7. The number of aromatic hydroxyl groups is 1. The fraction of sp³-hybridized carbons (Fsp3) is 0.611. The molecule has 3 rings (SSSR count). The van der Waals surface area contributed by atoms with E-state index in [1.807, 2.05) is 0 Å². The smallest absolute Gasteiger partial charge is 0.163 e. The molecule has 0 bridgehead atoms. The molecular formula is C18H25N3O2. The molecule has 0 unspecified atom stereocenters. The predicted molar refractivity (Wildman–Crippen MR) is 88.5 cm³/mol. The lowest BCUT2D eigenvalue weighted by atomic mass is 9.86. The Balaban J connectivity index is 2.06. The van der Waals surface area contributed by atoms with Gasteiger partial charge in [-0.3, -0.25) is 4.90 Å². The Bertz CT molecular complexity index is 585. The second kappa shape index (κ2) is 7.20. The van der Waals surface area contributed by atoms with Crippen LogP contribution in [0.1, 0.15) is 42.9 Å². The Kier molecular flexibility index (Phi) is 5.04. The van der Waals surface area contributed by atoms with Crippen LogP contribution in [0.5, 0.6) is 11.5 Å². The van der Waals surface area contributed by atoms with Gasteiger partial charge in [0.25, 0.3) is 0 Å². The van der Waals surface area contributed by atoms with Crippen molar-refractivity contribution in [3.8, 4) is 17.6 Å². The van der Waals surface area contributed by atoms with Crippen molar-refractivity contribution < 1.29 is 9.84 Å². The number of hydrogen-bond donors (Lipinski definition) is 2. The number of ether oxygens (including phenoxy) is 1. The third-order valence-corrected chi connectivity index (χ3v) is 5.21. The van der Waals surface area contributed by atoms with E-state index in [-0.39, 0.29) is 11.8 Å². The van der Waals surface area contributed by atoms with E-state index in [0.29, 0.717) is 17.2 Å². The molecule has 1 heterocycles. The normalized spacial score (nSPS) is 21.0. The summed E-state index contributed by atoms with van der Waals surface area (Å²) in [6.45, 7) is 3.80. The highest BCUT2D eigenvalue weighted by molar-refractivity contribution is 5.55. The van der Waals surface area contributed by atoms with E-state index >= 15 is 0 Å². The number of phenolic OH excluding ortho intramolecular Hbond substituents is 1. The Hall–Kier alpha value is -1.77. The van der Waals surface area contributed by atoms with Gasteiger partial charge in [0.15, 0.2) is 11.5 Å². The zero-order chi connectivity index (χ0) is 16.2. The lowest BCUT2D eigenvalue weighted by Gasteiger charge is -2.39. The van der Waals surface area contributed by atoms with Crippen LogP contribution in [0.2, 0.25) is 0 Å². The summed E-state index contributed by atoms with van der Waals surface area (Å²) in [6.07, 6.45) is 4.80. The van der Waals surface area contributed by atoms with Gasteiger partial charge in [0.1, 0.15) is 0 Å². The zero-order valence-electron chi connectivity index (χ0n) is 13.7. The molecule has 0 radical (unpaired) electrons. The van der Waals surface area contributed by atoms with Crippen LogP contribution in [0.25, 0.3) is 0 Å². The maximum absolute atomic E-state index is 10.7. The van der Waals surface area contributed by atoms with Crippen molar-refractivity contribution in [2.75, 3.05) is 33.3 Å². The van der Waals surface area contributed by atoms with Gasteiger partial charge in [-0.25, -0.2) is 0 Å². The van der Waals surface area contributed by atoms with Crippen molar-refractivity contribution in [1.29, 1.82) is 5.26 Å². The molecule has 2 fully saturated rings. The number of nitrogens with zero attached hydrogens (tertiary/aromatic N) is 2. The Labute approximate surface area is 137 Å². The van der Waals surface area contributed by atoms with Gasteiger partial charge in [0, 0.05) is 37.8 Å². The predicted octanol–water partition coefficient (Wildman–Crippen LogP) is 2.41. The van der Waals surface area contributed by atoms with Gasteiger partial charge < -0.3 is 15.2 Å². The summed E-state index contributed by atoms with van der Waals surface area (Å²) in [5.74, 6) is 1.09. The number of rotatable bonds is 4. The number of methoxy groups -OCH3 is 1. The van der Waals surface area contributed by atoms with Crippen molar-refractivity contribution in [1.82, 2.24) is 10.2 Å². The lowest BCUT2D eigenvalue weighted by molar-refractivity contribution is 0.122. The highest BCUT2D eigenvalue weighted by Gasteiger charge is 2.35. The molecule has 1 saturated carbocycles. The summed E-state index contributed by atoms with van der Waals surface area (Å²) in [5, 5.41) is 23.7. The molecule has 1 saturated heterocycles. The van der Waals surface area contributed by atoms with E-state index in [1.54, 1.807) is 19.2 Å². The summed E-state index contributed by atoms with van der Waals surface area (Å²) in [5.41, 5.74) is 1.33. The first-order valence-corrected chi connectivity index (χ1v) is 8.51. The molecule has 1 atom stereocenters. The van der Waals surface area contributed by atoms with Crippen LogP contribution < -0.4 is 10.1 Å². The molecule has 2 N–H and O–H groups in total. The second-order valence-electron chi connectivity index (χ2n) is 6.46. The molecule has 5 heteroatoms. The van der Waals surface area contributed by atoms with E-state index in [4.69, 9.17) is 4.74 Å². The van der Waals surface area contributed by atoms with Gasteiger partial charge in [0.2, 0.25) is 0 Å². The van der Waals surface area contributed by atoms with Crippen LogP contribution in [-0.4, -0.2) is 43.3 Å². The Morgan fingerprint density at radius 1 is 1.30 bits per heavy atom. The molecular weight excluding hydrogens is 290 g/mol. The standard InChI is InChI=1S/C18H25N3O2/c1-23-15-7-6-14(12-19)16(18(15)22)17(13-4-2-3-5-13)21-10-8-20-9-11-21/h6-7,13,17,20,22H,2-5,8-11H2,1H3/t17-/m1/s1. The van der Waals surface area contributed by atoms with E-state index in [1.165, 1.54) is 12.8 Å². The Morgan fingerprint density at radius 2 is 2.00 bits per heavy atom. The number of piperazine rings is 1. The van der Waals surface area contributed by atoms with E-state index in [2.05, 4.69) is 16.3 Å². The third-order valence-electron chi connectivity index (χ3n) is 5.21. The van der Waals surface area contributed by atoms with Crippen molar-refractivity contribution >= 4 is 0 Å². The van der Waals surface area contributed by atoms with Crippen molar-refractivity contribution in [2.45, 2.75) is 31.7 Å². The van der Waals surface area contributed by atoms with Gasteiger partial charge in [0.05, 0.1) is 18.7 Å². The summed E-state index contributed by atoms with van der Waals surface area (Å²) < 4.78 is 5.30. The quantitative estimate of drug-likeness (QED) is 0.893. The number of phenols is 1. The molecule has 0 spiro atoms. The van der Waals surface area contributed by atoms with Gasteiger partial charge in [-0.1, -0.05) is 12.8 Å². The molecule has 124 valence electrons. The minimum atomic E-state index is 0.101. The van der Waals surface area contributed by atoms with Crippen LogP contribution in [0.4, 0.5) is 0 Å². The minimum absolute atomic E-state index is 0.101. The molecule has 5 nitrogen and oxygen atoms in total. The molecule has 0 aromatic heterocycles. The van der Waals surface area contributed by atoms with Gasteiger partial charge in [-0.15, -0.1) is 0 Å². The first-order chi connectivity index (χ1) is 11.3. The van der Waals surface area contributed by atoms with E-state index in [9.17, 15) is 10.4 Å². The van der Waals surface area contributed by atoms with Crippen LogP contribution in [0, 0.1) is 17.2 Å². The first-order valence-electron chi connectivity index (χ1n) is 8.51. The summed E-state index contributed by atoms with van der Waals surface area (Å²) in [7, 11) is 1.56. The SMILES string of the molecule is COc1ccc(C#N)c([C@@H](C2CCCC2)N2CCNCC2)c1O. The number of nitriles is 1. The Morgan fingerprint density at radius 3 is 2.61 bits per heavy atom. The molecule has 1 aliphatic heterocycles. The average Bonchev–Trinajstić information content (AvgIpc) is 3.11. The number of hydrogen-bond acceptors (Lipinski definition) is 5. The monoisotopic (exact) mass is 315 g/mol. The van der Waals surface area contributed by atoms with Crippen molar-refractivity contribution in [3.63, 3.8) is 0 Å². The van der Waals surface area contributed by atoms with Crippen LogP contribution >= 0.6 is 0 Å². The molecule has 1 aromatic carbocycles. The highest BCUT2D eigenvalue weighted by Crippen LogP contribution is 2.46. The van der Waals surface area contributed by atoms with Gasteiger partial charge in [-0.05, 0) is 30.9 Å². The molecule has 2 aliphatic rings. The van der Waals surface area contributed by atoms with Crippen LogP contribution in [0.3, 0.4) is 0 Å². The van der Waals surface area contributed by atoms with E-state index in [0.717, 1.165) is 44.6 Å². The maximum Gasteiger partial charge on any atom is 0.163 e. The fourth-order valence-electron chi connectivity index (χ4n) is 4.10. The molecule has 0 amide bonds. The summed E-state index contributed by atoms with van der Waals surface area (Å²) in [6, 6.07) is 5.83. The lowest BCUT2D eigenvalue weighted by Crippen LogP contribution is -2.46. The second-order valence-corrected chi connectivity index (χ2v) is 6.46. The topological polar surface area (TPSA) is 68.5 Å². The largest absolute Gasteiger partial charge is 0.504 e. The third kappa shape index (κ3) is 3.15. The molecule has 23 heavy (non-hydrogen) atoms. The first kappa shape index (κ1) is 16.1. The minimum Gasteiger partial charge on any atom is -0.504 e. The summed E-state index contributed by atoms with van der Waals surface area (Å²) >= 11 is 0. The van der Waals surface area contributed by atoms with Crippen molar-refractivity contribution in [2.24, 2.45) is 5.92 Å². The van der Waals surface area contributed by atoms with E-state index < -0.39 is 0 Å². The fourth-order valence-corrected chi connectivity index (χ4v) is 4.10. The average molecular weight is 315 g/mol. The van der Waals surface area contributed by atoms with Crippen LogP contribution in [-0.2, 0) is 0 Å². The highest BCUT2D eigenvalue weighted by atomic mass is 16.5.